The van der Waals surface area contributed by atoms with E-state index in [9.17, 15) is 4.79 Å². The van der Waals surface area contributed by atoms with Gasteiger partial charge in [0.2, 0.25) is 0 Å². The number of nitrogens with zero attached hydrogens (tertiary/aromatic N) is 1. The van der Waals surface area contributed by atoms with Crippen LogP contribution in [0.1, 0.15) is 11.1 Å². The molecule has 0 saturated heterocycles. The highest BCUT2D eigenvalue weighted by molar-refractivity contribution is 7.99. The molecule has 0 spiro atoms. The van der Waals surface area contributed by atoms with Gasteiger partial charge in [-0.1, -0.05) is 35.2 Å². The standard InChI is InChI=1S/C18H13ClN2O2S2/c1-24-13-6-3-11(4-7-13)2-5-12-8-15-16(9-14(12)19)21-18(20-15)25-10-17(22)23/h3-4,6-9H,10H2,1H3,(H,20,21)(H,22,23). The fourth-order valence-electron chi connectivity index (χ4n) is 2.12. The van der Waals surface area contributed by atoms with E-state index in [-0.39, 0.29) is 5.75 Å². The molecule has 25 heavy (non-hydrogen) atoms. The van der Waals surface area contributed by atoms with Crippen LogP contribution >= 0.6 is 35.1 Å². The summed E-state index contributed by atoms with van der Waals surface area (Å²) in [4.78, 5) is 19.3. The molecule has 2 aromatic carbocycles. The summed E-state index contributed by atoms with van der Waals surface area (Å²) in [6, 6.07) is 11.6. The number of aromatic nitrogens is 2. The zero-order valence-corrected chi connectivity index (χ0v) is 15.6. The van der Waals surface area contributed by atoms with Gasteiger partial charge in [-0.2, -0.15) is 0 Å². The number of halogens is 1. The van der Waals surface area contributed by atoms with Gasteiger partial charge in [-0.25, -0.2) is 4.98 Å². The molecule has 1 heterocycles. The van der Waals surface area contributed by atoms with Crippen LogP contribution < -0.4 is 0 Å². The lowest BCUT2D eigenvalue weighted by Crippen LogP contribution is -1.97. The first-order valence-corrected chi connectivity index (χ1v) is 9.84. The number of carbonyl (C=O) groups is 1. The number of carboxylic acid groups (broad SMARTS) is 1. The number of imidazole rings is 1. The quantitative estimate of drug-likeness (QED) is 0.508. The monoisotopic (exact) mass is 388 g/mol. The average Bonchev–Trinajstić information content (AvgIpc) is 3.00. The Morgan fingerprint density at radius 1 is 1.28 bits per heavy atom. The molecule has 3 aromatic rings. The van der Waals surface area contributed by atoms with Gasteiger partial charge in [0.1, 0.15) is 0 Å². The van der Waals surface area contributed by atoms with Crippen molar-refractivity contribution in [3.05, 3.63) is 52.5 Å². The number of benzene rings is 2. The Bertz CT molecular complexity index is 988. The number of aromatic amines is 1. The first-order valence-electron chi connectivity index (χ1n) is 7.25. The van der Waals surface area contributed by atoms with E-state index in [1.54, 1.807) is 17.8 Å². The molecule has 7 heteroatoms. The van der Waals surface area contributed by atoms with Crippen molar-refractivity contribution in [2.24, 2.45) is 0 Å². The maximum absolute atomic E-state index is 10.7. The zero-order valence-electron chi connectivity index (χ0n) is 13.2. The third-order valence-electron chi connectivity index (χ3n) is 3.31. The summed E-state index contributed by atoms with van der Waals surface area (Å²) in [5.41, 5.74) is 3.07. The molecule has 0 unspecified atom stereocenters. The third-order valence-corrected chi connectivity index (χ3v) is 5.23. The molecule has 0 bridgehead atoms. The molecular formula is C18H13ClN2O2S2. The lowest BCUT2D eigenvalue weighted by molar-refractivity contribution is -0.133. The van der Waals surface area contributed by atoms with Crippen LogP contribution in [-0.2, 0) is 4.79 Å². The van der Waals surface area contributed by atoms with E-state index < -0.39 is 5.97 Å². The van der Waals surface area contributed by atoms with Crippen molar-refractivity contribution >= 4 is 52.1 Å². The van der Waals surface area contributed by atoms with Crippen molar-refractivity contribution in [1.29, 1.82) is 0 Å². The van der Waals surface area contributed by atoms with Crippen LogP contribution in [0.2, 0.25) is 5.02 Å². The van der Waals surface area contributed by atoms with Gasteiger partial charge in [-0.05, 0) is 42.7 Å². The summed E-state index contributed by atoms with van der Waals surface area (Å²) < 4.78 is 0. The number of fused-ring (bicyclic) bond motifs is 1. The Labute approximate surface area is 158 Å². The molecule has 4 nitrogen and oxygen atoms in total. The van der Waals surface area contributed by atoms with Crippen LogP contribution in [0, 0.1) is 11.8 Å². The number of aliphatic carboxylic acids is 1. The zero-order chi connectivity index (χ0) is 17.8. The Balaban J connectivity index is 1.87. The fourth-order valence-corrected chi connectivity index (χ4v) is 3.33. The molecule has 0 aliphatic heterocycles. The summed E-state index contributed by atoms with van der Waals surface area (Å²) in [6.45, 7) is 0. The highest BCUT2D eigenvalue weighted by Crippen LogP contribution is 2.25. The average molecular weight is 389 g/mol. The van der Waals surface area contributed by atoms with E-state index in [4.69, 9.17) is 16.7 Å². The van der Waals surface area contributed by atoms with Crippen molar-refractivity contribution in [1.82, 2.24) is 9.97 Å². The second kappa shape index (κ2) is 7.87. The minimum absolute atomic E-state index is 0.0493. The summed E-state index contributed by atoms with van der Waals surface area (Å²) in [6.07, 6.45) is 2.03. The molecule has 2 N–H and O–H groups in total. The van der Waals surface area contributed by atoms with Crippen molar-refractivity contribution in [2.75, 3.05) is 12.0 Å². The molecule has 0 atom stereocenters. The number of carboxylic acids is 1. The van der Waals surface area contributed by atoms with E-state index in [2.05, 4.69) is 21.8 Å². The third kappa shape index (κ3) is 4.51. The van der Waals surface area contributed by atoms with Crippen molar-refractivity contribution in [3.8, 4) is 11.8 Å². The van der Waals surface area contributed by atoms with Crippen LogP contribution in [0.5, 0.6) is 0 Å². The van der Waals surface area contributed by atoms with Gasteiger partial charge in [0, 0.05) is 16.0 Å². The van der Waals surface area contributed by atoms with Gasteiger partial charge < -0.3 is 10.1 Å². The van der Waals surface area contributed by atoms with Gasteiger partial charge in [0.05, 0.1) is 21.8 Å². The van der Waals surface area contributed by atoms with Crippen molar-refractivity contribution in [3.63, 3.8) is 0 Å². The van der Waals surface area contributed by atoms with Crippen LogP contribution in [0.4, 0.5) is 0 Å². The van der Waals surface area contributed by atoms with E-state index in [1.165, 1.54) is 4.90 Å². The summed E-state index contributed by atoms with van der Waals surface area (Å²) in [5, 5.41) is 9.81. The maximum Gasteiger partial charge on any atom is 0.313 e. The first-order chi connectivity index (χ1) is 12.0. The minimum atomic E-state index is -0.887. The van der Waals surface area contributed by atoms with E-state index >= 15 is 0 Å². The van der Waals surface area contributed by atoms with Crippen LogP contribution in [0.15, 0.2) is 46.5 Å². The Morgan fingerprint density at radius 2 is 2.04 bits per heavy atom. The minimum Gasteiger partial charge on any atom is -0.481 e. The normalized spacial score (nSPS) is 10.5. The maximum atomic E-state index is 10.7. The number of rotatable bonds is 4. The van der Waals surface area contributed by atoms with E-state index in [0.717, 1.165) is 22.8 Å². The van der Waals surface area contributed by atoms with Crippen molar-refractivity contribution < 1.29 is 9.90 Å². The Hall–Kier alpha value is -2.07. The molecule has 0 fully saturated rings. The summed E-state index contributed by atoms with van der Waals surface area (Å²) in [5.74, 6) is 5.25. The smallest absolute Gasteiger partial charge is 0.313 e. The van der Waals surface area contributed by atoms with Gasteiger partial charge in [-0.3, -0.25) is 4.79 Å². The largest absolute Gasteiger partial charge is 0.481 e. The molecule has 0 amide bonds. The Morgan fingerprint density at radius 3 is 2.72 bits per heavy atom. The van der Waals surface area contributed by atoms with Gasteiger partial charge in [-0.15, -0.1) is 11.8 Å². The molecular weight excluding hydrogens is 376 g/mol. The topological polar surface area (TPSA) is 66.0 Å². The van der Waals surface area contributed by atoms with Crippen LogP contribution in [0.25, 0.3) is 11.0 Å². The second-order valence-electron chi connectivity index (χ2n) is 5.05. The number of thioether (sulfide) groups is 2. The lowest BCUT2D eigenvalue weighted by atomic mass is 10.1. The molecule has 0 radical (unpaired) electrons. The fraction of sp³-hybridized carbons (Fsp3) is 0.111. The molecule has 0 saturated carbocycles. The van der Waals surface area contributed by atoms with E-state index in [1.807, 2.05) is 36.6 Å². The van der Waals surface area contributed by atoms with Gasteiger partial charge >= 0.3 is 5.97 Å². The molecule has 0 aliphatic rings. The van der Waals surface area contributed by atoms with Crippen molar-refractivity contribution in [2.45, 2.75) is 10.1 Å². The summed E-state index contributed by atoms with van der Waals surface area (Å²) >= 11 is 9.11. The predicted molar refractivity (Wildman–Crippen MR) is 104 cm³/mol. The lowest BCUT2D eigenvalue weighted by Gasteiger charge is -1.97. The van der Waals surface area contributed by atoms with Crippen LogP contribution in [0.3, 0.4) is 0 Å². The molecule has 126 valence electrons. The van der Waals surface area contributed by atoms with Gasteiger partial charge in [0.25, 0.3) is 0 Å². The number of hydrogen-bond donors (Lipinski definition) is 2. The first kappa shape index (κ1) is 17.7. The highest BCUT2D eigenvalue weighted by Gasteiger charge is 2.08. The van der Waals surface area contributed by atoms with Gasteiger partial charge in [0.15, 0.2) is 5.16 Å². The number of nitrogens with one attached hydrogen (secondary N) is 1. The molecule has 3 rings (SSSR count). The summed E-state index contributed by atoms with van der Waals surface area (Å²) in [7, 11) is 0. The molecule has 0 aliphatic carbocycles. The predicted octanol–water partition coefficient (Wildman–Crippen LogP) is 4.51. The second-order valence-corrected chi connectivity index (χ2v) is 7.30. The molecule has 1 aromatic heterocycles. The number of H-pyrrole nitrogens is 1. The number of hydrogen-bond acceptors (Lipinski definition) is 4. The SMILES string of the molecule is CSc1ccc(C#Cc2cc3[nH]c(SCC(=O)O)nc3cc2Cl)cc1. The van der Waals surface area contributed by atoms with Crippen LogP contribution in [-0.4, -0.2) is 33.1 Å². The van der Waals surface area contributed by atoms with E-state index in [0.29, 0.717) is 21.3 Å². The highest BCUT2D eigenvalue weighted by atomic mass is 35.5. The Kier molecular flexibility index (Phi) is 5.59.